The topological polar surface area (TPSA) is 85.6 Å². The first-order valence-corrected chi connectivity index (χ1v) is 7.57. The normalized spacial score (nSPS) is 12.3. The van der Waals surface area contributed by atoms with Gasteiger partial charge in [0.25, 0.3) is 0 Å². The molecule has 1 unspecified atom stereocenters. The lowest BCUT2D eigenvalue weighted by atomic mass is 10.2. The second kappa shape index (κ2) is 7.32. The van der Waals surface area contributed by atoms with Gasteiger partial charge in [0, 0.05) is 25.1 Å². The third kappa shape index (κ3) is 3.24. The lowest BCUT2D eigenvalue weighted by molar-refractivity contribution is -0.140. The zero-order valence-electron chi connectivity index (χ0n) is 13.9. The lowest BCUT2D eigenvalue weighted by Crippen LogP contribution is -2.22. The van der Waals surface area contributed by atoms with Crippen molar-refractivity contribution in [1.82, 2.24) is 14.9 Å². The Morgan fingerprint density at radius 2 is 2.00 bits per heavy atom. The molecule has 0 saturated carbocycles. The fourth-order valence-electron chi connectivity index (χ4n) is 2.70. The minimum atomic E-state index is -0.868. The SMILES string of the molecule is CCC(C(=O)O)n1c(CCNC)nc2cc(OC)c(OC)cc21. The maximum Gasteiger partial charge on any atom is 0.326 e. The number of fused-ring (bicyclic) bond motifs is 1. The third-order valence-electron chi connectivity index (χ3n) is 3.85. The molecule has 2 rings (SSSR count). The van der Waals surface area contributed by atoms with E-state index in [1.807, 2.05) is 14.0 Å². The Labute approximate surface area is 135 Å². The van der Waals surface area contributed by atoms with Gasteiger partial charge in [-0.3, -0.25) is 0 Å². The van der Waals surface area contributed by atoms with Gasteiger partial charge in [-0.25, -0.2) is 9.78 Å². The number of imidazole rings is 1. The van der Waals surface area contributed by atoms with Crippen LogP contribution in [0.15, 0.2) is 12.1 Å². The summed E-state index contributed by atoms with van der Waals surface area (Å²) in [5.74, 6) is 1.00. The molecule has 0 amide bonds. The molecular weight excluding hydrogens is 298 g/mol. The summed E-state index contributed by atoms with van der Waals surface area (Å²) in [6, 6.07) is 2.91. The number of benzene rings is 1. The molecule has 23 heavy (non-hydrogen) atoms. The van der Waals surface area contributed by atoms with Crippen molar-refractivity contribution in [2.24, 2.45) is 0 Å². The van der Waals surface area contributed by atoms with Crippen molar-refractivity contribution in [3.63, 3.8) is 0 Å². The van der Waals surface area contributed by atoms with Gasteiger partial charge >= 0.3 is 5.97 Å². The summed E-state index contributed by atoms with van der Waals surface area (Å²) in [7, 11) is 4.98. The van der Waals surface area contributed by atoms with Gasteiger partial charge in [-0.15, -0.1) is 0 Å². The average molecular weight is 321 g/mol. The molecule has 1 aromatic heterocycles. The molecule has 0 aliphatic rings. The molecule has 0 saturated heterocycles. The second-order valence-electron chi connectivity index (χ2n) is 5.21. The van der Waals surface area contributed by atoms with E-state index in [0.29, 0.717) is 36.4 Å². The first-order valence-electron chi connectivity index (χ1n) is 7.57. The van der Waals surface area contributed by atoms with E-state index in [1.165, 1.54) is 0 Å². The van der Waals surface area contributed by atoms with Gasteiger partial charge in [0.15, 0.2) is 11.5 Å². The Morgan fingerprint density at radius 1 is 1.35 bits per heavy atom. The van der Waals surface area contributed by atoms with Crippen LogP contribution in [0.4, 0.5) is 0 Å². The number of hydrogen-bond acceptors (Lipinski definition) is 5. The van der Waals surface area contributed by atoms with Gasteiger partial charge in [-0.05, 0) is 13.5 Å². The van der Waals surface area contributed by atoms with Crippen molar-refractivity contribution in [3.05, 3.63) is 18.0 Å². The zero-order chi connectivity index (χ0) is 17.0. The van der Waals surface area contributed by atoms with E-state index >= 15 is 0 Å². The number of rotatable bonds is 8. The van der Waals surface area contributed by atoms with Crippen LogP contribution in [0.3, 0.4) is 0 Å². The van der Waals surface area contributed by atoms with E-state index in [4.69, 9.17) is 9.47 Å². The van der Waals surface area contributed by atoms with E-state index in [9.17, 15) is 9.90 Å². The monoisotopic (exact) mass is 321 g/mol. The second-order valence-corrected chi connectivity index (χ2v) is 5.21. The van der Waals surface area contributed by atoms with Gasteiger partial charge < -0.3 is 24.5 Å². The number of nitrogens with one attached hydrogen (secondary N) is 1. The largest absolute Gasteiger partial charge is 0.493 e. The Morgan fingerprint density at radius 3 is 2.52 bits per heavy atom. The van der Waals surface area contributed by atoms with Crippen molar-refractivity contribution < 1.29 is 19.4 Å². The van der Waals surface area contributed by atoms with Crippen molar-refractivity contribution in [1.29, 1.82) is 0 Å². The van der Waals surface area contributed by atoms with Crippen molar-refractivity contribution >= 4 is 17.0 Å². The van der Waals surface area contributed by atoms with Crippen LogP contribution in [0.25, 0.3) is 11.0 Å². The highest BCUT2D eigenvalue weighted by Gasteiger charge is 2.24. The van der Waals surface area contributed by atoms with E-state index < -0.39 is 12.0 Å². The Bertz CT molecular complexity index is 696. The molecule has 2 N–H and O–H groups in total. The molecule has 7 heteroatoms. The van der Waals surface area contributed by atoms with Gasteiger partial charge in [-0.1, -0.05) is 6.92 Å². The number of methoxy groups -OCH3 is 2. The van der Waals surface area contributed by atoms with E-state index in [0.717, 1.165) is 11.3 Å². The number of hydrogen-bond donors (Lipinski definition) is 2. The molecule has 0 bridgehead atoms. The summed E-state index contributed by atoms with van der Waals surface area (Å²) in [5.41, 5.74) is 1.44. The first kappa shape index (κ1) is 17.1. The van der Waals surface area contributed by atoms with Crippen molar-refractivity contribution in [2.75, 3.05) is 27.8 Å². The van der Waals surface area contributed by atoms with Crippen LogP contribution in [0.2, 0.25) is 0 Å². The Kier molecular flexibility index (Phi) is 5.44. The highest BCUT2D eigenvalue weighted by Crippen LogP contribution is 2.34. The summed E-state index contributed by atoms with van der Waals surface area (Å²) in [5, 5.41) is 12.6. The number of ether oxygens (including phenoxy) is 2. The van der Waals surface area contributed by atoms with Crippen molar-refractivity contribution in [2.45, 2.75) is 25.8 Å². The maximum atomic E-state index is 11.7. The van der Waals surface area contributed by atoms with Gasteiger partial charge in [0.1, 0.15) is 11.9 Å². The number of aromatic nitrogens is 2. The predicted molar refractivity (Wildman–Crippen MR) is 87.4 cm³/mol. The highest BCUT2D eigenvalue weighted by molar-refractivity contribution is 5.83. The maximum absolute atomic E-state index is 11.7. The minimum absolute atomic E-state index is 0.474. The van der Waals surface area contributed by atoms with Crippen LogP contribution in [-0.4, -0.2) is 48.4 Å². The molecule has 7 nitrogen and oxygen atoms in total. The van der Waals surface area contributed by atoms with E-state index in [1.54, 1.807) is 30.9 Å². The number of carboxylic acids is 1. The molecule has 0 spiro atoms. The number of carbonyl (C=O) groups is 1. The van der Waals surface area contributed by atoms with Crippen LogP contribution < -0.4 is 14.8 Å². The third-order valence-corrected chi connectivity index (χ3v) is 3.85. The van der Waals surface area contributed by atoms with E-state index in [-0.39, 0.29) is 0 Å². The van der Waals surface area contributed by atoms with Crippen LogP contribution in [0.5, 0.6) is 11.5 Å². The first-order chi connectivity index (χ1) is 11.1. The molecule has 126 valence electrons. The quantitative estimate of drug-likeness (QED) is 0.772. The number of aliphatic carboxylic acids is 1. The summed E-state index contributed by atoms with van der Waals surface area (Å²) >= 11 is 0. The average Bonchev–Trinajstić information content (AvgIpc) is 2.89. The molecule has 0 aliphatic heterocycles. The summed E-state index contributed by atoms with van der Waals surface area (Å²) in [4.78, 5) is 16.3. The molecule has 1 heterocycles. The lowest BCUT2D eigenvalue weighted by Gasteiger charge is -2.17. The minimum Gasteiger partial charge on any atom is -0.493 e. The Hall–Kier alpha value is -2.28. The molecule has 1 aromatic carbocycles. The molecule has 0 aliphatic carbocycles. The van der Waals surface area contributed by atoms with Gasteiger partial charge in [0.05, 0.1) is 25.3 Å². The smallest absolute Gasteiger partial charge is 0.326 e. The molecular formula is C16H23N3O4. The van der Waals surface area contributed by atoms with Crippen LogP contribution in [-0.2, 0) is 11.2 Å². The standard InChI is InChI=1S/C16H23N3O4/c1-5-11(16(20)21)19-12-9-14(23-4)13(22-3)8-10(12)18-15(19)6-7-17-2/h8-9,11,17H,5-7H2,1-4H3,(H,20,21). The number of carboxylic acid groups (broad SMARTS) is 1. The van der Waals surface area contributed by atoms with Gasteiger partial charge in [-0.2, -0.15) is 0 Å². The summed E-state index contributed by atoms with van der Waals surface area (Å²) in [6.07, 6.45) is 1.11. The van der Waals surface area contributed by atoms with Gasteiger partial charge in [0.2, 0.25) is 0 Å². The molecule has 0 radical (unpaired) electrons. The fourth-order valence-corrected chi connectivity index (χ4v) is 2.70. The molecule has 0 fully saturated rings. The van der Waals surface area contributed by atoms with Crippen LogP contribution in [0.1, 0.15) is 25.2 Å². The predicted octanol–water partition coefficient (Wildman–Crippen LogP) is 1.85. The summed E-state index contributed by atoms with van der Waals surface area (Å²) < 4.78 is 12.4. The highest BCUT2D eigenvalue weighted by atomic mass is 16.5. The number of likely N-dealkylation sites (N-methyl/N-ethyl adjacent to an activating group) is 1. The van der Waals surface area contributed by atoms with Crippen LogP contribution in [0, 0.1) is 0 Å². The van der Waals surface area contributed by atoms with E-state index in [2.05, 4.69) is 10.3 Å². The van der Waals surface area contributed by atoms with Crippen molar-refractivity contribution in [3.8, 4) is 11.5 Å². The van der Waals surface area contributed by atoms with Crippen LogP contribution >= 0.6 is 0 Å². The fraction of sp³-hybridized carbons (Fsp3) is 0.500. The molecule has 2 aromatic rings. The Balaban J connectivity index is 2.69. The molecule has 1 atom stereocenters. The zero-order valence-corrected chi connectivity index (χ0v) is 13.9. The summed E-state index contributed by atoms with van der Waals surface area (Å²) in [6.45, 7) is 2.57. The number of nitrogens with zero attached hydrogens (tertiary/aromatic N) is 2.